The Morgan fingerprint density at radius 2 is 1.81 bits per heavy atom. The molecule has 0 saturated heterocycles. The van der Waals surface area contributed by atoms with Gasteiger partial charge in [-0.25, -0.2) is 13.2 Å². The molecule has 1 unspecified atom stereocenters. The number of hydrogen-bond donors (Lipinski definition) is 1. The van der Waals surface area contributed by atoms with E-state index in [2.05, 4.69) is 4.72 Å². The van der Waals surface area contributed by atoms with Gasteiger partial charge in [-0.05, 0) is 67.1 Å². The van der Waals surface area contributed by atoms with Gasteiger partial charge in [0, 0.05) is 12.5 Å². The number of hydrogen-bond acceptors (Lipinski definition) is 5. The predicted octanol–water partition coefficient (Wildman–Crippen LogP) is 4.32. The molecular weight excluding hydrogens is 416 g/mol. The number of benzene rings is 2. The molecule has 0 bridgehead atoms. The summed E-state index contributed by atoms with van der Waals surface area (Å²) in [6.07, 6.45) is 0.680. The van der Waals surface area contributed by atoms with E-state index >= 15 is 0 Å². The maximum absolute atomic E-state index is 12.6. The molecule has 2 aromatic carbocycles. The average molecular weight is 445 g/mol. The minimum atomic E-state index is -3.37. The standard InChI is InChI=1S/C23H28N2O5S/c1-6-30-23(27)25-13-15(3)22(16(4)26)19-9-7-18(12-21(19)25)17-8-10-20(14(2)11-17)24-31(5,28)29/h7-12,15,22,24H,6,13H2,1-5H3/t15-,22?/m0/s1. The topological polar surface area (TPSA) is 92.8 Å². The number of rotatable bonds is 5. The van der Waals surface area contributed by atoms with Crippen molar-refractivity contribution in [3.8, 4) is 11.1 Å². The van der Waals surface area contributed by atoms with E-state index in [0.717, 1.165) is 28.5 Å². The van der Waals surface area contributed by atoms with Crippen LogP contribution in [-0.2, 0) is 19.6 Å². The zero-order chi connectivity index (χ0) is 22.9. The van der Waals surface area contributed by atoms with Crippen molar-refractivity contribution < 1.29 is 22.7 Å². The van der Waals surface area contributed by atoms with Gasteiger partial charge in [-0.3, -0.25) is 14.4 Å². The van der Waals surface area contributed by atoms with Gasteiger partial charge >= 0.3 is 6.09 Å². The van der Waals surface area contributed by atoms with Crippen LogP contribution in [0.3, 0.4) is 0 Å². The molecule has 1 N–H and O–H groups in total. The molecule has 8 heteroatoms. The van der Waals surface area contributed by atoms with Crippen LogP contribution in [0.15, 0.2) is 36.4 Å². The lowest BCUT2D eigenvalue weighted by Gasteiger charge is -2.37. The maximum atomic E-state index is 12.6. The summed E-state index contributed by atoms with van der Waals surface area (Å²) in [5, 5.41) is 0. The fourth-order valence-corrected chi connectivity index (χ4v) is 4.80. The van der Waals surface area contributed by atoms with Crippen molar-refractivity contribution in [1.29, 1.82) is 0 Å². The van der Waals surface area contributed by atoms with Gasteiger partial charge in [0.2, 0.25) is 10.0 Å². The number of anilines is 2. The Morgan fingerprint density at radius 3 is 2.39 bits per heavy atom. The van der Waals surface area contributed by atoms with Crippen LogP contribution in [0, 0.1) is 12.8 Å². The molecule has 0 spiro atoms. The Bertz CT molecular complexity index is 1130. The molecule has 2 atom stereocenters. The van der Waals surface area contributed by atoms with Gasteiger partial charge in [-0.1, -0.05) is 25.1 Å². The van der Waals surface area contributed by atoms with E-state index in [4.69, 9.17) is 4.74 Å². The number of Topliss-reactive ketones (excluding diaryl/α,β-unsaturated/α-hetero) is 1. The second kappa shape index (κ2) is 8.70. The third kappa shape index (κ3) is 4.90. The summed E-state index contributed by atoms with van der Waals surface area (Å²) in [5.41, 5.74) is 4.52. The maximum Gasteiger partial charge on any atom is 0.414 e. The molecule has 0 aromatic heterocycles. The Balaban J connectivity index is 2.07. The fraction of sp³-hybridized carbons (Fsp3) is 0.391. The van der Waals surface area contributed by atoms with E-state index in [1.54, 1.807) is 24.8 Å². The second-order valence-corrected chi connectivity index (χ2v) is 9.80. The molecule has 31 heavy (non-hydrogen) atoms. The molecule has 0 fully saturated rings. The molecule has 1 heterocycles. The lowest BCUT2D eigenvalue weighted by Crippen LogP contribution is -2.42. The third-order valence-corrected chi connectivity index (χ3v) is 6.07. The molecule has 0 aliphatic carbocycles. The highest BCUT2D eigenvalue weighted by Gasteiger charge is 2.36. The van der Waals surface area contributed by atoms with E-state index in [1.165, 1.54) is 0 Å². The number of carbonyl (C=O) groups excluding carboxylic acids is 2. The highest BCUT2D eigenvalue weighted by atomic mass is 32.2. The van der Waals surface area contributed by atoms with E-state index in [0.29, 0.717) is 17.9 Å². The van der Waals surface area contributed by atoms with Crippen molar-refractivity contribution in [2.24, 2.45) is 5.92 Å². The van der Waals surface area contributed by atoms with E-state index in [1.807, 2.05) is 44.2 Å². The smallest absolute Gasteiger partial charge is 0.414 e. The molecule has 2 aromatic rings. The van der Waals surface area contributed by atoms with Gasteiger partial charge in [0.1, 0.15) is 5.78 Å². The predicted molar refractivity (Wildman–Crippen MR) is 122 cm³/mol. The molecule has 1 aliphatic heterocycles. The number of ether oxygens (including phenoxy) is 1. The summed E-state index contributed by atoms with van der Waals surface area (Å²) in [7, 11) is -3.37. The molecule has 1 amide bonds. The lowest BCUT2D eigenvalue weighted by molar-refractivity contribution is -0.119. The third-order valence-electron chi connectivity index (χ3n) is 5.48. The van der Waals surface area contributed by atoms with E-state index in [9.17, 15) is 18.0 Å². The number of amides is 1. The first-order valence-corrected chi connectivity index (χ1v) is 12.1. The molecule has 3 rings (SSSR count). The second-order valence-electron chi connectivity index (χ2n) is 8.05. The molecule has 0 saturated carbocycles. The monoisotopic (exact) mass is 444 g/mol. The first-order chi connectivity index (χ1) is 14.5. The minimum absolute atomic E-state index is 0.0242. The van der Waals surface area contributed by atoms with Crippen LogP contribution in [0.5, 0.6) is 0 Å². The summed E-state index contributed by atoms with van der Waals surface area (Å²) < 4.78 is 30.8. The van der Waals surface area contributed by atoms with Gasteiger partial charge in [0.25, 0.3) is 0 Å². The fourth-order valence-electron chi connectivity index (χ4n) is 4.17. The first kappa shape index (κ1) is 22.8. The summed E-state index contributed by atoms with van der Waals surface area (Å²) in [6.45, 7) is 7.80. The SMILES string of the molecule is CCOC(=O)N1C[C@H](C)C(C(C)=O)c2ccc(-c3ccc(NS(C)(=O)=O)c(C)c3)cc21. The molecular formula is C23H28N2O5S. The number of nitrogens with zero attached hydrogens (tertiary/aromatic N) is 1. The van der Waals surface area contributed by atoms with Crippen molar-refractivity contribution in [1.82, 2.24) is 0 Å². The van der Waals surface area contributed by atoms with Gasteiger partial charge < -0.3 is 4.74 Å². The number of nitrogens with one attached hydrogen (secondary N) is 1. The zero-order valence-corrected chi connectivity index (χ0v) is 19.2. The average Bonchev–Trinajstić information content (AvgIpc) is 2.67. The lowest BCUT2D eigenvalue weighted by atomic mass is 9.79. The Kier molecular flexibility index (Phi) is 6.40. The summed E-state index contributed by atoms with van der Waals surface area (Å²) in [4.78, 5) is 26.5. The molecule has 0 radical (unpaired) electrons. The Hall–Kier alpha value is -2.87. The van der Waals surface area contributed by atoms with Crippen LogP contribution in [0.4, 0.5) is 16.2 Å². The first-order valence-electron chi connectivity index (χ1n) is 10.2. The zero-order valence-electron chi connectivity index (χ0n) is 18.4. The summed E-state index contributed by atoms with van der Waals surface area (Å²) in [5.74, 6) is -0.237. The van der Waals surface area contributed by atoms with Crippen molar-refractivity contribution in [3.05, 3.63) is 47.5 Å². The Labute approximate surface area is 183 Å². The van der Waals surface area contributed by atoms with Crippen molar-refractivity contribution in [2.75, 3.05) is 29.0 Å². The van der Waals surface area contributed by atoms with Gasteiger partial charge in [-0.2, -0.15) is 0 Å². The van der Waals surface area contributed by atoms with Gasteiger partial charge in [0.15, 0.2) is 0 Å². The molecule has 1 aliphatic rings. The van der Waals surface area contributed by atoms with Crippen LogP contribution in [0.1, 0.15) is 37.8 Å². The number of fused-ring (bicyclic) bond motifs is 1. The van der Waals surface area contributed by atoms with Crippen molar-refractivity contribution in [2.45, 2.75) is 33.6 Å². The van der Waals surface area contributed by atoms with Gasteiger partial charge in [-0.15, -0.1) is 0 Å². The molecule has 166 valence electrons. The van der Waals surface area contributed by atoms with Crippen LogP contribution in [0.2, 0.25) is 0 Å². The van der Waals surface area contributed by atoms with E-state index < -0.39 is 16.1 Å². The van der Waals surface area contributed by atoms with Crippen LogP contribution in [-0.4, -0.2) is 39.7 Å². The summed E-state index contributed by atoms with van der Waals surface area (Å²) in [6, 6.07) is 11.1. The summed E-state index contributed by atoms with van der Waals surface area (Å²) >= 11 is 0. The number of ketones is 1. The van der Waals surface area contributed by atoms with Crippen molar-refractivity contribution >= 4 is 33.3 Å². The number of carbonyl (C=O) groups is 2. The number of sulfonamides is 1. The highest BCUT2D eigenvalue weighted by Crippen LogP contribution is 2.41. The van der Waals surface area contributed by atoms with Crippen LogP contribution < -0.4 is 9.62 Å². The minimum Gasteiger partial charge on any atom is -0.449 e. The highest BCUT2D eigenvalue weighted by molar-refractivity contribution is 7.92. The normalized spacial score (nSPS) is 18.3. The molecule has 7 nitrogen and oxygen atoms in total. The van der Waals surface area contributed by atoms with Crippen LogP contribution >= 0.6 is 0 Å². The quantitative estimate of drug-likeness (QED) is 0.741. The Morgan fingerprint density at radius 1 is 1.16 bits per heavy atom. The number of aryl methyl sites for hydroxylation is 1. The van der Waals surface area contributed by atoms with Crippen LogP contribution in [0.25, 0.3) is 11.1 Å². The van der Waals surface area contributed by atoms with E-state index in [-0.39, 0.29) is 24.2 Å². The van der Waals surface area contributed by atoms with Crippen molar-refractivity contribution in [3.63, 3.8) is 0 Å². The van der Waals surface area contributed by atoms with Gasteiger partial charge in [0.05, 0.1) is 24.2 Å². The largest absolute Gasteiger partial charge is 0.449 e.